The third kappa shape index (κ3) is 4.90. The molecule has 34 heavy (non-hydrogen) atoms. The van der Waals surface area contributed by atoms with Crippen LogP contribution in [0.1, 0.15) is 56.5 Å². The minimum absolute atomic E-state index is 0.0582. The molecule has 1 aliphatic rings. The molecular weight excluding hydrogens is 446 g/mol. The second-order valence-corrected chi connectivity index (χ2v) is 9.68. The summed E-state index contributed by atoms with van der Waals surface area (Å²) in [7, 11) is 0. The molecule has 1 aliphatic heterocycles. The van der Waals surface area contributed by atoms with Crippen molar-refractivity contribution in [2.45, 2.75) is 51.9 Å². The largest absolute Gasteiger partial charge is 0.447 e. The zero-order chi connectivity index (χ0) is 24.2. The van der Waals surface area contributed by atoms with Crippen molar-refractivity contribution < 1.29 is 9.53 Å². The van der Waals surface area contributed by atoms with E-state index in [0.29, 0.717) is 46.7 Å². The summed E-state index contributed by atoms with van der Waals surface area (Å²) in [6.45, 7) is 8.24. The summed E-state index contributed by atoms with van der Waals surface area (Å²) in [5.41, 5.74) is 4.30. The van der Waals surface area contributed by atoms with E-state index in [0.717, 1.165) is 22.4 Å². The number of benzene rings is 2. The number of hydrogen-bond acceptors (Lipinski definition) is 7. The zero-order valence-corrected chi connectivity index (χ0v) is 20.6. The molecule has 2 aromatic carbocycles. The van der Waals surface area contributed by atoms with Crippen molar-refractivity contribution in [3.63, 3.8) is 0 Å². The van der Waals surface area contributed by atoms with Crippen LogP contribution < -0.4 is 9.64 Å². The Labute approximate surface area is 204 Å². The predicted molar refractivity (Wildman–Crippen MR) is 132 cm³/mol. The average Bonchev–Trinajstić information content (AvgIpc) is 2.97. The summed E-state index contributed by atoms with van der Waals surface area (Å²) in [4.78, 5) is 19.8. The normalized spacial score (nSPS) is 14.6. The Kier molecular flexibility index (Phi) is 7.13. The van der Waals surface area contributed by atoms with E-state index < -0.39 is 6.23 Å². The summed E-state index contributed by atoms with van der Waals surface area (Å²) in [6.07, 6.45) is 0.320. The maximum Gasteiger partial charge on any atom is 0.247 e. The fourth-order valence-electron chi connectivity index (χ4n) is 3.72. The lowest BCUT2D eigenvalue weighted by atomic mass is 10.0. The highest BCUT2D eigenvalue weighted by atomic mass is 32.2. The maximum absolute atomic E-state index is 13.4. The summed E-state index contributed by atoms with van der Waals surface area (Å²) in [5, 5.41) is 18.6. The van der Waals surface area contributed by atoms with Gasteiger partial charge in [-0.05, 0) is 43.5 Å². The van der Waals surface area contributed by atoms with E-state index in [2.05, 4.69) is 30.1 Å². The van der Waals surface area contributed by atoms with E-state index in [1.54, 1.807) is 17.0 Å². The summed E-state index contributed by atoms with van der Waals surface area (Å²) >= 11 is 1.53. The quantitative estimate of drug-likeness (QED) is 0.425. The second-order valence-electron chi connectivity index (χ2n) is 8.69. The molecule has 1 atom stereocenters. The van der Waals surface area contributed by atoms with Crippen LogP contribution in [0, 0.1) is 24.2 Å². The molecule has 0 saturated heterocycles. The average molecular weight is 474 g/mol. The molecule has 8 heteroatoms. The number of carbonyl (C=O) groups excluding carboxylic acids is 1. The first kappa shape index (κ1) is 23.7. The number of amides is 1. The SMILES string of the molecule is CCCC(=O)N1c2ccc(C)cc2-c2nnc(SCC(C)C)nc2O[C@H]1c1ccc(C#N)cc1. The molecular formula is C26H27N5O2S. The van der Waals surface area contributed by atoms with Crippen LogP contribution in [-0.4, -0.2) is 26.8 Å². The van der Waals surface area contributed by atoms with Crippen LogP contribution in [0.25, 0.3) is 11.3 Å². The lowest BCUT2D eigenvalue weighted by Crippen LogP contribution is -2.37. The van der Waals surface area contributed by atoms with Crippen LogP contribution in [0.5, 0.6) is 5.88 Å². The summed E-state index contributed by atoms with van der Waals surface area (Å²) < 4.78 is 6.46. The molecule has 0 fully saturated rings. The highest BCUT2D eigenvalue weighted by Gasteiger charge is 2.35. The number of hydrogen-bond donors (Lipinski definition) is 0. The molecule has 2 heterocycles. The monoisotopic (exact) mass is 473 g/mol. The molecule has 0 bridgehead atoms. The molecule has 7 nitrogen and oxygen atoms in total. The first-order valence-electron chi connectivity index (χ1n) is 11.4. The van der Waals surface area contributed by atoms with Gasteiger partial charge in [-0.15, -0.1) is 10.2 Å². The Morgan fingerprint density at radius 1 is 1.21 bits per heavy atom. The molecule has 0 N–H and O–H groups in total. The molecule has 1 amide bonds. The molecule has 0 saturated carbocycles. The Balaban J connectivity index is 1.90. The van der Waals surface area contributed by atoms with Gasteiger partial charge >= 0.3 is 0 Å². The number of aryl methyl sites for hydroxylation is 1. The van der Waals surface area contributed by atoms with Crippen molar-refractivity contribution in [2.75, 3.05) is 10.7 Å². The number of aromatic nitrogens is 3. The number of nitriles is 1. The molecule has 0 aliphatic carbocycles. The molecule has 4 rings (SSSR count). The van der Waals surface area contributed by atoms with E-state index in [4.69, 9.17) is 9.72 Å². The molecule has 174 valence electrons. The van der Waals surface area contributed by atoms with Gasteiger partial charge in [0.1, 0.15) is 0 Å². The highest BCUT2D eigenvalue weighted by molar-refractivity contribution is 7.99. The Hall–Kier alpha value is -3.44. The number of rotatable bonds is 6. The van der Waals surface area contributed by atoms with E-state index in [1.807, 2.05) is 44.2 Å². The zero-order valence-electron chi connectivity index (χ0n) is 19.8. The Morgan fingerprint density at radius 2 is 1.97 bits per heavy atom. The van der Waals surface area contributed by atoms with E-state index in [-0.39, 0.29) is 5.91 Å². The van der Waals surface area contributed by atoms with Crippen LogP contribution in [-0.2, 0) is 4.79 Å². The van der Waals surface area contributed by atoms with Gasteiger partial charge in [-0.25, -0.2) is 0 Å². The fourth-order valence-corrected chi connectivity index (χ4v) is 4.45. The van der Waals surface area contributed by atoms with Crippen molar-refractivity contribution >= 4 is 23.4 Å². The molecule has 0 spiro atoms. The Morgan fingerprint density at radius 3 is 2.65 bits per heavy atom. The second kappa shape index (κ2) is 10.2. The van der Waals surface area contributed by atoms with Gasteiger partial charge in [0, 0.05) is 23.3 Å². The number of nitrogens with zero attached hydrogens (tertiary/aromatic N) is 5. The maximum atomic E-state index is 13.4. The Bertz CT molecular complexity index is 1240. The van der Waals surface area contributed by atoms with Crippen LogP contribution in [0.2, 0.25) is 0 Å². The van der Waals surface area contributed by atoms with Gasteiger partial charge in [0.25, 0.3) is 0 Å². The van der Waals surface area contributed by atoms with Crippen molar-refractivity contribution in [2.24, 2.45) is 5.92 Å². The van der Waals surface area contributed by atoms with Gasteiger partial charge in [-0.1, -0.05) is 56.3 Å². The summed E-state index contributed by atoms with van der Waals surface area (Å²) in [5.74, 6) is 1.62. The number of anilines is 1. The van der Waals surface area contributed by atoms with Gasteiger partial charge in [0.15, 0.2) is 5.69 Å². The molecule has 1 aromatic heterocycles. The third-order valence-electron chi connectivity index (χ3n) is 5.36. The minimum Gasteiger partial charge on any atom is -0.447 e. The first-order valence-corrected chi connectivity index (χ1v) is 12.4. The van der Waals surface area contributed by atoms with E-state index in [9.17, 15) is 10.1 Å². The molecule has 0 unspecified atom stereocenters. The van der Waals surface area contributed by atoms with Gasteiger partial charge in [-0.3, -0.25) is 9.69 Å². The highest BCUT2D eigenvalue weighted by Crippen LogP contribution is 2.44. The first-order chi connectivity index (χ1) is 16.4. The van der Waals surface area contributed by atoms with Crippen LogP contribution in [0.3, 0.4) is 0 Å². The van der Waals surface area contributed by atoms with Crippen LogP contribution in [0.4, 0.5) is 5.69 Å². The minimum atomic E-state index is -0.755. The van der Waals surface area contributed by atoms with Crippen LogP contribution in [0.15, 0.2) is 47.6 Å². The van der Waals surface area contributed by atoms with Crippen molar-refractivity contribution in [1.82, 2.24) is 15.2 Å². The lowest BCUT2D eigenvalue weighted by molar-refractivity contribution is -0.120. The van der Waals surface area contributed by atoms with Crippen molar-refractivity contribution in [3.8, 4) is 23.2 Å². The number of carbonyl (C=O) groups is 1. The van der Waals surface area contributed by atoms with E-state index >= 15 is 0 Å². The number of thioether (sulfide) groups is 1. The standard InChI is InChI=1S/C26H27N5O2S/c1-5-6-22(32)31-21-12-7-17(4)13-20(21)23-24(28-26(30-29-23)34-15-16(2)3)33-25(31)19-10-8-18(14-27)9-11-19/h7-13,16,25H,5-6,15H2,1-4H3/t25-/m0/s1. The lowest BCUT2D eigenvalue weighted by Gasteiger charge is -2.31. The van der Waals surface area contributed by atoms with Gasteiger partial charge in [0.05, 0.1) is 17.3 Å². The van der Waals surface area contributed by atoms with Gasteiger partial charge < -0.3 is 4.74 Å². The summed E-state index contributed by atoms with van der Waals surface area (Å²) in [6, 6.07) is 15.1. The van der Waals surface area contributed by atoms with Crippen LogP contribution >= 0.6 is 11.8 Å². The van der Waals surface area contributed by atoms with Gasteiger partial charge in [0.2, 0.25) is 23.2 Å². The van der Waals surface area contributed by atoms with Gasteiger partial charge in [-0.2, -0.15) is 10.2 Å². The molecule has 0 radical (unpaired) electrons. The smallest absolute Gasteiger partial charge is 0.247 e. The third-order valence-corrected chi connectivity index (χ3v) is 6.63. The molecule has 3 aromatic rings. The van der Waals surface area contributed by atoms with E-state index in [1.165, 1.54) is 11.8 Å². The number of fused-ring (bicyclic) bond motifs is 3. The van der Waals surface area contributed by atoms with Crippen molar-refractivity contribution in [1.29, 1.82) is 5.26 Å². The fraction of sp³-hybridized carbons (Fsp3) is 0.346. The topological polar surface area (TPSA) is 92.0 Å². The van der Waals surface area contributed by atoms with Crippen molar-refractivity contribution in [3.05, 3.63) is 59.2 Å². The predicted octanol–water partition coefficient (Wildman–Crippen LogP) is 5.69. The number of ether oxygens (including phenoxy) is 1.